The van der Waals surface area contributed by atoms with Crippen LogP contribution in [0.1, 0.15) is 21.6 Å². The van der Waals surface area contributed by atoms with E-state index in [4.69, 9.17) is 27.9 Å². The minimum Gasteiger partial charge on any atom is -0.409 e. The molecule has 2 aromatic rings. The van der Waals surface area contributed by atoms with Gasteiger partial charge in [0.15, 0.2) is 0 Å². The summed E-state index contributed by atoms with van der Waals surface area (Å²) in [6.07, 6.45) is 0. The summed E-state index contributed by atoms with van der Waals surface area (Å²) in [5.74, 6) is -0.303. The Morgan fingerprint density at radius 1 is 1.40 bits per heavy atom. The van der Waals surface area contributed by atoms with E-state index in [0.717, 1.165) is 0 Å². The molecule has 0 amide bonds. The first-order valence-electron chi connectivity index (χ1n) is 5.59. The summed E-state index contributed by atoms with van der Waals surface area (Å²) in [6.45, 7) is 1.89. The molecule has 0 atom stereocenters. The lowest BCUT2D eigenvalue weighted by atomic mass is 10.0. The molecule has 1 aromatic heterocycles. The molecule has 104 valence electrons. The molecule has 20 heavy (non-hydrogen) atoms. The van der Waals surface area contributed by atoms with Crippen LogP contribution in [0.4, 0.5) is 0 Å². The average molecular weight is 313 g/mol. The molecule has 0 spiro atoms. The van der Waals surface area contributed by atoms with Gasteiger partial charge >= 0.3 is 0 Å². The molecule has 0 radical (unpaired) electrons. The van der Waals surface area contributed by atoms with E-state index < -0.39 is 0 Å². The van der Waals surface area contributed by atoms with E-state index in [1.807, 2.05) is 0 Å². The summed E-state index contributed by atoms with van der Waals surface area (Å²) >= 11 is 11.8. The van der Waals surface area contributed by atoms with Gasteiger partial charge in [0.25, 0.3) is 6.47 Å². The number of nitrogens with zero attached hydrogens (tertiary/aromatic N) is 2. The van der Waals surface area contributed by atoms with Gasteiger partial charge in [-0.05, 0) is 25.1 Å². The van der Waals surface area contributed by atoms with E-state index in [0.29, 0.717) is 10.7 Å². The van der Waals surface area contributed by atoms with Crippen molar-refractivity contribution in [1.82, 2.24) is 9.78 Å². The Morgan fingerprint density at radius 2 is 2.10 bits per heavy atom. The van der Waals surface area contributed by atoms with Crippen molar-refractivity contribution in [3.8, 4) is 5.88 Å². The lowest BCUT2D eigenvalue weighted by Crippen LogP contribution is -2.07. The monoisotopic (exact) mass is 312 g/mol. The number of hydrogen-bond acceptors (Lipinski definition) is 4. The molecule has 2 rings (SSSR count). The van der Waals surface area contributed by atoms with Crippen LogP contribution in [0.2, 0.25) is 10.0 Å². The minimum absolute atomic E-state index is 0.0773. The number of hydrogen-bond donors (Lipinski definition) is 0. The fourth-order valence-electron chi connectivity index (χ4n) is 1.89. The number of benzene rings is 1. The SMILES string of the molecule is Cc1nn(C)c(OC=O)c1C(=O)c1ccc(Cl)cc1Cl. The lowest BCUT2D eigenvalue weighted by molar-refractivity contribution is -0.121. The van der Waals surface area contributed by atoms with Crippen molar-refractivity contribution in [3.63, 3.8) is 0 Å². The van der Waals surface area contributed by atoms with Crippen LogP contribution < -0.4 is 4.74 Å². The number of ether oxygens (including phenoxy) is 1. The Morgan fingerprint density at radius 3 is 2.70 bits per heavy atom. The van der Waals surface area contributed by atoms with E-state index in [-0.39, 0.29) is 34.3 Å². The molecule has 0 unspecified atom stereocenters. The number of ketones is 1. The fraction of sp³-hybridized carbons (Fsp3) is 0.154. The number of rotatable bonds is 4. The number of aromatic nitrogens is 2. The number of aryl methyl sites for hydroxylation is 2. The average Bonchev–Trinajstić information content (AvgIpc) is 2.64. The molecule has 1 heterocycles. The highest BCUT2D eigenvalue weighted by molar-refractivity contribution is 6.37. The topological polar surface area (TPSA) is 61.2 Å². The quantitative estimate of drug-likeness (QED) is 0.643. The number of carbonyl (C=O) groups is 2. The Bertz CT molecular complexity index is 695. The predicted molar refractivity (Wildman–Crippen MR) is 74.5 cm³/mol. The molecule has 0 bridgehead atoms. The first kappa shape index (κ1) is 14.6. The van der Waals surface area contributed by atoms with Gasteiger partial charge in [0, 0.05) is 17.6 Å². The molecule has 7 heteroatoms. The maximum Gasteiger partial charge on any atom is 0.299 e. The van der Waals surface area contributed by atoms with Gasteiger partial charge in [-0.1, -0.05) is 23.2 Å². The molecule has 5 nitrogen and oxygen atoms in total. The van der Waals surface area contributed by atoms with E-state index >= 15 is 0 Å². The highest BCUT2D eigenvalue weighted by atomic mass is 35.5. The van der Waals surface area contributed by atoms with E-state index in [2.05, 4.69) is 5.10 Å². The van der Waals surface area contributed by atoms with Gasteiger partial charge in [-0.25, -0.2) is 4.68 Å². The molecular weight excluding hydrogens is 303 g/mol. The summed E-state index contributed by atoms with van der Waals surface area (Å²) in [7, 11) is 1.58. The normalized spacial score (nSPS) is 10.4. The summed E-state index contributed by atoms with van der Waals surface area (Å²) in [6, 6.07) is 4.55. The number of carbonyl (C=O) groups excluding carboxylic acids is 2. The Balaban J connectivity index is 2.56. The minimum atomic E-state index is -0.380. The van der Waals surface area contributed by atoms with Crippen molar-refractivity contribution in [2.45, 2.75) is 6.92 Å². The molecule has 0 saturated heterocycles. The van der Waals surface area contributed by atoms with Crippen LogP contribution >= 0.6 is 23.2 Å². The first-order chi connectivity index (χ1) is 9.45. The summed E-state index contributed by atoms with van der Waals surface area (Å²) in [4.78, 5) is 23.1. The third-order valence-electron chi connectivity index (χ3n) is 2.73. The van der Waals surface area contributed by atoms with Crippen LogP contribution in [0.5, 0.6) is 5.88 Å². The highest BCUT2D eigenvalue weighted by Crippen LogP contribution is 2.28. The van der Waals surface area contributed by atoms with E-state index in [1.165, 1.54) is 16.8 Å². The van der Waals surface area contributed by atoms with Gasteiger partial charge in [0.05, 0.1) is 10.7 Å². The Labute approximate surface area is 125 Å². The smallest absolute Gasteiger partial charge is 0.299 e. The van der Waals surface area contributed by atoms with Crippen LogP contribution in [0.15, 0.2) is 18.2 Å². The van der Waals surface area contributed by atoms with Crippen LogP contribution in [0, 0.1) is 6.92 Å². The second-order valence-corrected chi connectivity index (χ2v) is 4.90. The lowest BCUT2D eigenvalue weighted by Gasteiger charge is -2.05. The Hall–Kier alpha value is -1.85. The maximum absolute atomic E-state index is 12.5. The van der Waals surface area contributed by atoms with Crippen LogP contribution in [-0.4, -0.2) is 22.0 Å². The van der Waals surface area contributed by atoms with Gasteiger partial charge < -0.3 is 4.74 Å². The van der Waals surface area contributed by atoms with Crippen molar-refractivity contribution in [1.29, 1.82) is 0 Å². The van der Waals surface area contributed by atoms with Gasteiger partial charge in [-0.2, -0.15) is 5.10 Å². The third-order valence-corrected chi connectivity index (χ3v) is 3.28. The van der Waals surface area contributed by atoms with Gasteiger partial charge in [0.2, 0.25) is 11.7 Å². The summed E-state index contributed by atoms with van der Waals surface area (Å²) < 4.78 is 6.14. The van der Waals surface area contributed by atoms with Crippen molar-refractivity contribution >= 4 is 35.5 Å². The molecule has 0 N–H and O–H groups in total. The molecule has 0 saturated carbocycles. The van der Waals surface area contributed by atoms with Crippen LogP contribution in [0.3, 0.4) is 0 Å². The van der Waals surface area contributed by atoms with Crippen molar-refractivity contribution < 1.29 is 14.3 Å². The fourth-order valence-corrected chi connectivity index (χ4v) is 2.38. The zero-order valence-electron chi connectivity index (χ0n) is 10.7. The maximum atomic E-state index is 12.5. The van der Waals surface area contributed by atoms with Crippen LogP contribution in [-0.2, 0) is 11.8 Å². The zero-order valence-corrected chi connectivity index (χ0v) is 12.2. The van der Waals surface area contributed by atoms with Crippen molar-refractivity contribution in [2.24, 2.45) is 7.05 Å². The van der Waals surface area contributed by atoms with Crippen molar-refractivity contribution in [3.05, 3.63) is 45.1 Å². The molecule has 0 aliphatic carbocycles. The van der Waals surface area contributed by atoms with Gasteiger partial charge in [0.1, 0.15) is 5.56 Å². The van der Waals surface area contributed by atoms with E-state index in [9.17, 15) is 9.59 Å². The summed E-state index contributed by atoms with van der Waals surface area (Å²) in [5.41, 5.74) is 0.909. The largest absolute Gasteiger partial charge is 0.409 e. The number of halogens is 2. The van der Waals surface area contributed by atoms with Crippen LogP contribution in [0.25, 0.3) is 0 Å². The van der Waals surface area contributed by atoms with Crippen molar-refractivity contribution in [2.75, 3.05) is 0 Å². The van der Waals surface area contributed by atoms with E-state index in [1.54, 1.807) is 20.0 Å². The summed E-state index contributed by atoms with van der Waals surface area (Å²) in [5, 5.41) is 4.72. The highest BCUT2D eigenvalue weighted by Gasteiger charge is 2.24. The molecule has 0 aliphatic heterocycles. The second-order valence-electron chi connectivity index (χ2n) is 4.06. The molecular formula is C13H10Cl2N2O3. The predicted octanol–water partition coefficient (Wildman–Crippen LogP) is 2.80. The second kappa shape index (κ2) is 5.64. The molecule has 0 aliphatic rings. The third kappa shape index (κ3) is 2.55. The molecule has 1 aromatic carbocycles. The molecule has 0 fully saturated rings. The van der Waals surface area contributed by atoms with Gasteiger partial charge in [-0.15, -0.1) is 0 Å². The standard InChI is InChI=1S/C13H10Cl2N2O3/c1-7-11(13(20-6-18)17(2)16-7)12(19)9-4-3-8(14)5-10(9)15/h3-6H,1-2H3. The Kier molecular flexibility index (Phi) is 4.11. The zero-order chi connectivity index (χ0) is 14.9. The first-order valence-corrected chi connectivity index (χ1v) is 6.35. The van der Waals surface area contributed by atoms with Gasteiger partial charge in [-0.3, -0.25) is 9.59 Å².